The normalized spacial score (nSPS) is 14.9. The molecule has 84 valence electrons. The average molecular weight is 230 g/mol. The second kappa shape index (κ2) is 3.83. The summed E-state index contributed by atoms with van der Waals surface area (Å²) in [5.74, 6) is -1.89. The maximum atomic E-state index is 13.6. The van der Waals surface area contributed by atoms with Crippen LogP contribution in [0.2, 0.25) is 0 Å². The van der Waals surface area contributed by atoms with Gasteiger partial charge in [0.2, 0.25) is 0 Å². The fraction of sp³-hybridized carbons (Fsp3) is 0.0833. The van der Waals surface area contributed by atoms with Crippen molar-refractivity contribution in [2.75, 3.05) is 4.90 Å². The van der Waals surface area contributed by atoms with E-state index in [0.29, 0.717) is 0 Å². The number of imide groups is 1. The van der Waals surface area contributed by atoms with Gasteiger partial charge in [-0.3, -0.25) is 9.59 Å². The molecule has 4 nitrogen and oxygen atoms in total. The number of nitriles is 1. The van der Waals surface area contributed by atoms with Gasteiger partial charge in [0.1, 0.15) is 5.82 Å². The summed E-state index contributed by atoms with van der Waals surface area (Å²) in [6.07, 6.45) is 1.15. The largest absolute Gasteiger partial charge is 0.269 e. The number of nitrogens with zero attached hydrogens (tertiary/aromatic N) is 2. The van der Waals surface area contributed by atoms with Crippen molar-refractivity contribution in [1.29, 1.82) is 5.26 Å². The van der Waals surface area contributed by atoms with Crippen molar-refractivity contribution in [1.82, 2.24) is 0 Å². The van der Waals surface area contributed by atoms with Gasteiger partial charge in [0.25, 0.3) is 11.8 Å². The van der Waals surface area contributed by atoms with Gasteiger partial charge >= 0.3 is 0 Å². The summed E-state index contributed by atoms with van der Waals surface area (Å²) in [4.78, 5) is 23.9. The van der Waals surface area contributed by atoms with Crippen LogP contribution in [0.3, 0.4) is 0 Å². The summed E-state index contributed by atoms with van der Waals surface area (Å²) in [6.45, 7) is 1.49. The van der Waals surface area contributed by atoms with Crippen LogP contribution in [-0.2, 0) is 9.59 Å². The minimum absolute atomic E-state index is 0.132. The highest BCUT2D eigenvalue weighted by molar-refractivity contribution is 6.30. The number of carbonyl (C=O) groups is 2. The third-order valence-corrected chi connectivity index (χ3v) is 2.42. The number of hydrogen-bond donors (Lipinski definition) is 0. The predicted molar refractivity (Wildman–Crippen MR) is 57.4 cm³/mol. The first-order valence-electron chi connectivity index (χ1n) is 4.81. The maximum absolute atomic E-state index is 13.6. The van der Waals surface area contributed by atoms with E-state index in [-0.39, 0.29) is 16.8 Å². The highest BCUT2D eigenvalue weighted by atomic mass is 19.1. The van der Waals surface area contributed by atoms with Crippen LogP contribution in [0, 0.1) is 17.1 Å². The summed E-state index contributed by atoms with van der Waals surface area (Å²) < 4.78 is 13.6. The van der Waals surface area contributed by atoms with Crippen molar-refractivity contribution in [2.45, 2.75) is 6.92 Å². The molecule has 2 rings (SSSR count). The standard InChI is InChI=1S/C12H7FN2O2/c1-7-4-11(16)15(12(7)17)10-3-2-8(6-14)5-9(10)13/h2-5H,1H3. The molecule has 5 heteroatoms. The molecule has 0 unspecified atom stereocenters. The van der Waals surface area contributed by atoms with Crippen molar-refractivity contribution in [2.24, 2.45) is 0 Å². The Labute approximate surface area is 96.6 Å². The van der Waals surface area contributed by atoms with Gasteiger partial charge in [-0.2, -0.15) is 5.26 Å². The molecule has 17 heavy (non-hydrogen) atoms. The lowest BCUT2D eigenvalue weighted by molar-refractivity contribution is -0.120. The Balaban J connectivity index is 2.47. The molecule has 0 bridgehead atoms. The van der Waals surface area contributed by atoms with E-state index >= 15 is 0 Å². The zero-order valence-electron chi connectivity index (χ0n) is 8.90. The van der Waals surface area contributed by atoms with Gasteiger partial charge in [-0.25, -0.2) is 9.29 Å². The number of carbonyl (C=O) groups excluding carboxylic acids is 2. The lowest BCUT2D eigenvalue weighted by Gasteiger charge is -2.15. The summed E-state index contributed by atoms with van der Waals surface area (Å²) in [7, 11) is 0. The van der Waals surface area contributed by atoms with Crippen molar-refractivity contribution in [3.63, 3.8) is 0 Å². The monoisotopic (exact) mass is 230 g/mol. The van der Waals surface area contributed by atoms with Gasteiger partial charge in [0.05, 0.1) is 17.3 Å². The summed E-state index contributed by atoms with van der Waals surface area (Å²) in [6, 6.07) is 5.36. The van der Waals surface area contributed by atoms with E-state index in [1.165, 1.54) is 19.1 Å². The number of benzene rings is 1. The second-order valence-electron chi connectivity index (χ2n) is 3.58. The molecule has 0 radical (unpaired) electrons. The molecule has 0 aromatic heterocycles. The van der Waals surface area contributed by atoms with Gasteiger partial charge in [-0.15, -0.1) is 0 Å². The molecule has 0 fully saturated rings. The number of amides is 2. The van der Waals surface area contributed by atoms with E-state index in [4.69, 9.17) is 5.26 Å². The third-order valence-electron chi connectivity index (χ3n) is 2.42. The number of hydrogen-bond acceptors (Lipinski definition) is 3. The molecular weight excluding hydrogens is 223 g/mol. The molecule has 0 saturated heterocycles. The quantitative estimate of drug-likeness (QED) is 0.687. The van der Waals surface area contributed by atoms with Crippen molar-refractivity contribution in [3.05, 3.63) is 41.2 Å². The molecule has 1 aromatic carbocycles. The van der Waals surface area contributed by atoms with E-state index in [2.05, 4.69) is 0 Å². The van der Waals surface area contributed by atoms with Crippen LogP contribution in [0.1, 0.15) is 12.5 Å². The van der Waals surface area contributed by atoms with Crippen molar-refractivity contribution < 1.29 is 14.0 Å². The molecule has 1 aliphatic heterocycles. The van der Waals surface area contributed by atoms with E-state index < -0.39 is 17.6 Å². The van der Waals surface area contributed by atoms with Crippen LogP contribution < -0.4 is 4.90 Å². The van der Waals surface area contributed by atoms with E-state index in [9.17, 15) is 14.0 Å². The van der Waals surface area contributed by atoms with Crippen LogP contribution >= 0.6 is 0 Å². The van der Waals surface area contributed by atoms with Crippen molar-refractivity contribution >= 4 is 17.5 Å². The van der Waals surface area contributed by atoms with Gasteiger partial charge in [0.15, 0.2) is 0 Å². The average Bonchev–Trinajstić information content (AvgIpc) is 2.54. The van der Waals surface area contributed by atoms with Gasteiger partial charge in [-0.1, -0.05) is 0 Å². The molecule has 1 aliphatic rings. The summed E-state index contributed by atoms with van der Waals surface area (Å²) >= 11 is 0. The number of rotatable bonds is 1. The zero-order valence-corrected chi connectivity index (χ0v) is 8.90. The first-order valence-corrected chi connectivity index (χ1v) is 4.81. The third kappa shape index (κ3) is 1.70. The Morgan fingerprint density at radius 2 is 2.06 bits per heavy atom. The Hall–Kier alpha value is -2.48. The lowest BCUT2D eigenvalue weighted by atomic mass is 10.2. The van der Waals surface area contributed by atoms with Gasteiger partial charge in [0, 0.05) is 11.6 Å². The van der Waals surface area contributed by atoms with Crippen molar-refractivity contribution in [3.8, 4) is 6.07 Å². The first-order chi connectivity index (χ1) is 8.04. The fourth-order valence-electron chi connectivity index (χ4n) is 1.57. The van der Waals surface area contributed by atoms with Crippen LogP contribution in [0.15, 0.2) is 29.8 Å². The highest BCUT2D eigenvalue weighted by Gasteiger charge is 2.31. The summed E-state index contributed by atoms with van der Waals surface area (Å²) in [5, 5.41) is 8.59. The topological polar surface area (TPSA) is 61.2 Å². The zero-order chi connectivity index (χ0) is 12.6. The minimum Gasteiger partial charge on any atom is -0.269 e. The molecule has 1 heterocycles. The van der Waals surface area contributed by atoms with Crippen LogP contribution in [-0.4, -0.2) is 11.8 Å². The predicted octanol–water partition coefficient (Wildman–Crippen LogP) is 1.52. The maximum Gasteiger partial charge on any atom is 0.261 e. The Morgan fingerprint density at radius 1 is 1.35 bits per heavy atom. The Kier molecular flexibility index (Phi) is 2.48. The Bertz CT molecular complexity index is 599. The highest BCUT2D eigenvalue weighted by Crippen LogP contribution is 2.25. The Morgan fingerprint density at radius 3 is 2.53 bits per heavy atom. The summed E-state index contributed by atoms with van der Waals surface area (Å²) in [5.41, 5.74) is 0.265. The van der Waals surface area contributed by atoms with Crippen LogP contribution in [0.4, 0.5) is 10.1 Å². The lowest BCUT2D eigenvalue weighted by Crippen LogP contribution is -2.31. The molecular formula is C12H7FN2O2. The molecule has 0 spiro atoms. The molecule has 2 amide bonds. The van der Waals surface area contributed by atoms with Gasteiger partial charge < -0.3 is 0 Å². The molecule has 0 aliphatic carbocycles. The number of halogens is 1. The second-order valence-corrected chi connectivity index (χ2v) is 3.58. The molecule has 0 atom stereocenters. The molecule has 0 N–H and O–H groups in total. The van der Waals surface area contributed by atoms with E-state index in [0.717, 1.165) is 17.0 Å². The SMILES string of the molecule is CC1=CC(=O)N(c2ccc(C#N)cc2F)C1=O. The molecule has 1 aromatic rings. The smallest absolute Gasteiger partial charge is 0.261 e. The molecule has 0 saturated carbocycles. The van der Waals surface area contributed by atoms with Crippen LogP contribution in [0.5, 0.6) is 0 Å². The van der Waals surface area contributed by atoms with E-state index in [1.807, 2.05) is 0 Å². The van der Waals surface area contributed by atoms with E-state index in [1.54, 1.807) is 6.07 Å². The number of anilines is 1. The van der Waals surface area contributed by atoms with Crippen LogP contribution in [0.25, 0.3) is 0 Å². The van der Waals surface area contributed by atoms with Gasteiger partial charge in [-0.05, 0) is 25.1 Å². The minimum atomic E-state index is -0.770. The first kappa shape index (κ1) is 11.0. The fourth-order valence-corrected chi connectivity index (χ4v) is 1.57.